The average molecular weight is 746 g/mol. The van der Waals surface area contributed by atoms with Crippen LogP contribution in [0.1, 0.15) is 12.8 Å². The molecular weight excluding hydrogens is 740 g/mol. The van der Waals surface area contributed by atoms with Gasteiger partial charge in [-0.15, -0.1) is 0 Å². The Hall–Kier alpha value is -2.00. The minimum absolute atomic E-state index is 0.942. The first-order valence-electron chi connectivity index (χ1n) is 9.83. The standard InChI is InChI=1S/C16H6F28O/c17-3(11(31,32)33)9(27,28)5(19,1-7(21,22)23)13(37,38)15(41,42)45-16(43,44)14(39,40)6(20,2-8(24,25)26)10(29,30)4(18)12(34,35)36/h3-4H,1-2H2. The zero-order valence-electron chi connectivity index (χ0n) is 19.6. The van der Waals surface area contributed by atoms with Gasteiger partial charge in [0, 0.05) is 0 Å². The van der Waals surface area contributed by atoms with Crippen LogP contribution >= 0.6 is 0 Å². The minimum Gasteiger partial charge on any atom is -0.245 e. The van der Waals surface area contributed by atoms with Crippen molar-refractivity contribution in [1.29, 1.82) is 0 Å². The topological polar surface area (TPSA) is 9.23 Å². The molecule has 4 unspecified atom stereocenters. The number of hydrogen-bond acceptors (Lipinski definition) is 1. The summed E-state index contributed by atoms with van der Waals surface area (Å²) in [5.41, 5.74) is -16.7. The van der Waals surface area contributed by atoms with Gasteiger partial charge >= 0.3 is 60.6 Å². The van der Waals surface area contributed by atoms with Crippen molar-refractivity contribution >= 4 is 0 Å². The van der Waals surface area contributed by atoms with Gasteiger partial charge in [0.15, 0.2) is 0 Å². The fourth-order valence-corrected chi connectivity index (χ4v) is 2.99. The van der Waals surface area contributed by atoms with Crippen LogP contribution in [0.25, 0.3) is 0 Å². The molecular formula is C16H6F28O. The van der Waals surface area contributed by atoms with Crippen molar-refractivity contribution in [3.63, 3.8) is 0 Å². The summed E-state index contributed by atoms with van der Waals surface area (Å²) in [6.45, 7) is 0. The molecule has 0 amide bonds. The molecule has 0 spiro atoms. The second kappa shape index (κ2) is 11.3. The lowest BCUT2D eigenvalue weighted by atomic mass is 9.82. The lowest BCUT2D eigenvalue weighted by Gasteiger charge is -2.45. The molecule has 0 saturated heterocycles. The maximum absolute atomic E-state index is 14.4. The predicted molar refractivity (Wildman–Crippen MR) is 81.7 cm³/mol. The van der Waals surface area contributed by atoms with E-state index in [9.17, 15) is 123 Å². The van der Waals surface area contributed by atoms with Crippen LogP contribution in [0.15, 0.2) is 0 Å². The molecule has 0 aliphatic carbocycles. The quantitative estimate of drug-likeness (QED) is 0.181. The molecule has 0 aromatic heterocycles. The molecule has 0 aromatic rings. The largest absolute Gasteiger partial charge is 0.427 e. The first-order chi connectivity index (χ1) is 18.9. The Labute approximate surface area is 226 Å². The molecule has 0 aromatic carbocycles. The van der Waals surface area contributed by atoms with Crippen LogP contribution in [0, 0.1) is 0 Å². The first-order valence-corrected chi connectivity index (χ1v) is 9.83. The van der Waals surface area contributed by atoms with Crippen LogP contribution in [0.2, 0.25) is 0 Å². The monoisotopic (exact) mass is 746 g/mol. The maximum atomic E-state index is 14.4. The van der Waals surface area contributed by atoms with Gasteiger partial charge in [-0.25, -0.2) is 22.3 Å². The molecule has 45 heavy (non-hydrogen) atoms. The molecule has 0 fully saturated rings. The zero-order valence-corrected chi connectivity index (χ0v) is 19.6. The average Bonchev–Trinajstić information content (AvgIpc) is 2.72. The third-order valence-electron chi connectivity index (χ3n) is 5.14. The Balaban J connectivity index is 7.53. The van der Waals surface area contributed by atoms with E-state index in [0.29, 0.717) is 0 Å². The third-order valence-corrected chi connectivity index (χ3v) is 5.14. The molecule has 1 nitrogen and oxygen atoms in total. The van der Waals surface area contributed by atoms with Gasteiger partial charge in [-0.2, -0.15) is 105 Å². The molecule has 272 valence electrons. The fourth-order valence-electron chi connectivity index (χ4n) is 2.99. The van der Waals surface area contributed by atoms with E-state index in [1.165, 1.54) is 0 Å². The van der Waals surface area contributed by atoms with E-state index in [-0.39, 0.29) is 0 Å². The number of halogens is 28. The summed E-state index contributed by atoms with van der Waals surface area (Å²) in [7, 11) is 0. The highest BCUT2D eigenvalue weighted by molar-refractivity contribution is 5.15. The van der Waals surface area contributed by atoms with Gasteiger partial charge in [0.2, 0.25) is 0 Å². The Morgan fingerprint density at radius 2 is 0.556 bits per heavy atom. The molecule has 0 aliphatic rings. The van der Waals surface area contributed by atoms with Crippen molar-refractivity contribution in [2.24, 2.45) is 0 Å². The molecule has 4 atom stereocenters. The summed E-state index contributed by atoms with van der Waals surface area (Å²) < 4.78 is 371. The summed E-state index contributed by atoms with van der Waals surface area (Å²) in [5.74, 6) is -34.5. The van der Waals surface area contributed by atoms with Gasteiger partial charge in [0.1, 0.15) is 0 Å². The summed E-state index contributed by atoms with van der Waals surface area (Å²) >= 11 is 0. The molecule has 29 heteroatoms. The number of alkyl halides is 28. The SMILES string of the molecule is FC(C(F)(F)F)C(F)(F)C(F)(CC(F)(F)F)C(F)(F)C(F)(F)OC(F)(F)C(F)(F)C(F)(CC(F)(F)F)C(F)(F)C(F)C(F)(F)F. The molecule has 0 radical (unpaired) electrons. The van der Waals surface area contributed by atoms with E-state index in [1.54, 1.807) is 0 Å². The van der Waals surface area contributed by atoms with Crippen LogP contribution in [0.4, 0.5) is 123 Å². The van der Waals surface area contributed by atoms with Crippen LogP contribution in [-0.2, 0) is 4.74 Å². The van der Waals surface area contributed by atoms with Crippen molar-refractivity contribution in [2.75, 3.05) is 0 Å². The van der Waals surface area contributed by atoms with Gasteiger partial charge in [-0.05, 0) is 0 Å². The lowest BCUT2D eigenvalue weighted by molar-refractivity contribution is -0.507. The zero-order chi connectivity index (χ0) is 37.3. The van der Waals surface area contributed by atoms with Crippen LogP contribution in [0.3, 0.4) is 0 Å². The second-order valence-electron chi connectivity index (χ2n) is 8.52. The molecule has 0 saturated carbocycles. The van der Waals surface area contributed by atoms with Gasteiger partial charge in [-0.1, -0.05) is 0 Å². The van der Waals surface area contributed by atoms with E-state index < -0.39 is 97.1 Å². The predicted octanol–water partition coefficient (Wildman–Crippen LogP) is 9.85. The van der Waals surface area contributed by atoms with Crippen LogP contribution in [-0.4, -0.2) is 84.3 Å². The fraction of sp³-hybridized carbons (Fsp3) is 1.00. The number of rotatable bonds is 12. The minimum atomic E-state index is -8.95. The van der Waals surface area contributed by atoms with E-state index in [1.807, 2.05) is 0 Å². The van der Waals surface area contributed by atoms with Crippen molar-refractivity contribution in [1.82, 2.24) is 0 Å². The van der Waals surface area contributed by atoms with Crippen LogP contribution < -0.4 is 0 Å². The smallest absolute Gasteiger partial charge is 0.245 e. The summed E-state index contributed by atoms with van der Waals surface area (Å²) in [6, 6.07) is 0. The van der Waals surface area contributed by atoms with Crippen molar-refractivity contribution in [3.05, 3.63) is 0 Å². The Morgan fingerprint density at radius 3 is 0.711 bits per heavy atom. The molecule has 0 bridgehead atoms. The maximum Gasteiger partial charge on any atom is 0.427 e. The van der Waals surface area contributed by atoms with Gasteiger partial charge in [0.25, 0.3) is 23.7 Å². The molecule has 0 aliphatic heterocycles. The van der Waals surface area contributed by atoms with E-state index in [4.69, 9.17) is 0 Å². The third kappa shape index (κ3) is 7.61. The normalized spacial score (nSPS) is 20.0. The summed E-state index contributed by atoms with van der Waals surface area (Å²) in [6.07, 6.45) is -71.3. The summed E-state index contributed by atoms with van der Waals surface area (Å²) in [4.78, 5) is 0. The summed E-state index contributed by atoms with van der Waals surface area (Å²) in [5, 5.41) is 0. The molecule has 0 heterocycles. The van der Waals surface area contributed by atoms with E-state index in [2.05, 4.69) is 0 Å². The Kier molecular flexibility index (Phi) is 10.8. The first kappa shape index (κ1) is 43.0. The number of hydrogen-bond donors (Lipinski definition) is 0. The number of ether oxygens (including phenoxy) is 1. The van der Waals surface area contributed by atoms with E-state index >= 15 is 0 Å². The van der Waals surface area contributed by atoms with Gasteiger partial charge in [0.05, 0.1) is 12.8 Å². The lowest BCUT2D eigenvalue weighted by Crippen LogP contribution is -2.73. The molecule has 0 N–H and O–H groups in total. The van der Waals surface area contributed by atoms with Crippen molar-refractivity contribution in [3.8, 4) is 0 Å². The molecule has 0 rings (SSSR count). The van der Waals surface area contributed by atoms with Crippen molar-refractivity contribution < 1.29 is 128 Å². The van der Waals surface area contributed by atoms with E-state index in [0.717, 1.165) is 4.74 Å². The second-order valence-corrected chi connectivity index (χ2v) is 8.52. The highest BCUT2D eigenvalue weighted by Gasteiger charge is 2.90. The van der Waals surface area contributed by atoms with Crippen LogP contribution in [0.5, 0.6) is 0 Å². The highest BCUT2D eigenvalue weighted by Crippen LogP contribution is 2.63. The Bertz CT molecular complexity index is 934. The van der Waals surface area contributed by atoms with Gasteiger partial charge < -0.3 is 0 Å². The van der Waals surface area contributed by atoms with Crippen molar-refractivity contribution in [2.45, 2.75) is 97.1 Å². The van der Waals surface area contributed by atoms with Gasteiger partial charge in [-0.3, -0.25) is 0 Å². The Morgan fingerprint density at radius 1 is 0.356 bits per heavy atom. The highest BCUT2D eigenvalue weighted by atomic mass is 19.4.